The lowest BCUT2D eigenvalue weighted by Gasteiger charge is -2.24. The largest absolute Gasteiger partial charge is 0.548 e. The standard InChI is InChI=1S/C13H22N2O6/c1-5-8-20-11(18)14-7-6-9(10(16)17)15-12(19)21-13(2,3)4/h5,9H,1,6-8H2,2-4H3,(H,14,18)(H,15,19)(H,16,17)/p-1/t9-/m0/s1. The third kappa shape index (κ3) is 10.2. The zero-order valence-corrected chi connectivity index (χ0v) is 12.4. The maximum absolute atomic E-state index is 11.5. The molecular weight excluding hydrogens is 280 g/mol. The summed E-state index contributed by atoms with van der Waals surface area (Å²) in [5.74, 6) is -1.47. The molecule has 2 N–H and O–H groups in total. The molecule has 0 aromatic heterocycles. The van der Waals surface area contributed by atoms with Crippen molar-refractivity contribution in [3.8, 4) is 0 Å². The first-order valence-electron chi connectivity index (χ1n) is 6.37. The van der Waals surface area contributed by atoms with Gasteiger partial charge in [-0.3, -0.25) is 0 Å². The number of alkyl carbamates (subject to hydrolysis) is 2. The molecule has 0 aliphatic rings. The molecule has 21 heavy (non-hydrogen) atoms. The van der Waals surface area contributed by atoms with Crippen molar-refractivity contribution in [1.29, 1.82) is 0 Å². The zero-order chi connectivity index (χ0) is 16.5. The molecule has 8 nitrogen and oxygen atoms in total. The predicted molar refractivity (Wildman–Crippen MR) is 72.3 cm³/mol. The highest BCUT2D eigenvalue weighted by atomic mass is 16.6. The van der Waals surface area contributed by atoms with Crippen LogP contribution in [0.1, 0.15) is 27.2 Å². The normalized spacial score (nSPS) is 12.0. The molecule has 0 aliphatic carbocycles. The minimum Gasteiger partial charge on any atom is -0.548 e. The number of carboxylic acids is 1. The van der Waals surface area contributed by atoms with Gasteiger partial charge in [0.05, 0.1) is 12.0 Å². The van der Waals surface area contributed by atoms with Gasteiger partial charge in [0.15, 0.2) is 0 Å². The lowest BCUT2D eigenvalue weighted by Crippen LogP contribution is -2.50. The van der Waals surface area contributed by atoms with Gasteiger partial charge in [-0.05, 0) is 27.2 Å². The fraction of sp³-hybridized carbons (Fsp3) is 0.615. The fourth-order valence-electron chi connectivity index (χ4n) is 1.20. The summed E-state index contributed by atoms with van der Waals surface area (Å²) < 4.78 is 9.57. The first-order valence-corrected chi connectivity index (χ1v) is 6.37. The summed E-state index contributed by atoms with van der Waals surface area (Å²) in [5, 5.41) is 15.4. The van der Waals surface area contributed by atoms with Gasteiger partial charge in [-0.2, -0.15) is 0 Å². The van der Waals surface area contributed by atoms with Crippen LogP contribution in [-0.4, -0.2) is 43.0 Å². The molecule has 2 amide bonds. The molecule has 0 spiro atoms. The first-order chi connectivity index (χ1) is 9.65. The molecule has 0 rings (SSSR count). The molecule has 0 heterocycles. The van der Waals surface area contributed by atoms with Gasteiger partial charge in [0.1, 0.15) is 12.2 Å². The monoisotopic (exact) mass is 301 g/mol. The van der Waals surface area contributed by atoms with E-state index in [0.717, 1.165) is 0 Å². The van der Waals surface area contributed by atoms with Gasteiger partial charge in [-0.15, -0.1) is 0 Å². The van der Waals surface area contributed by atoms with Crippen molar-refractivity contribution in [2.45, 2.75) is 38.8 Å². The van der Waals surface area contributed by atoms with E-state index in [2.05, 4.69) is 21.9 Å². The van der Waals surface area contributed by atoms with E-state index in [1.807, 2.05) is 0 Å². The van der Waals surface area contributed by atoms with Crippen LogP contribution in [0.3, 0.4) is 0 Å². The minimum absolute atomic E-state index is 0.00950. The number of ether oxygens (including phenoxy) is 2. The van der Waals surface area contributed by atoms with Crippen LogP contribution in [0.15, 0.2) is 12.7 Å². The van der Waals surface area contributed by atoms with Crippen LogP contribution in [-0.2, 0) is 14.3 Å². The van der Waals surface area contributed by atoms with E-state index in [1.54, 1.807) is 20.8 Å². The number of carbonyl (C=O) groups excluding carboxylic acids is 3. The minimum atomic E-state index is -1.47. The van der Waals surface area contributed by atoms with Crippen molar-refractivity contribution in [2.75, 3.05) is 13.2 Å². The lowest BCUT2D eigenvalue weighted by atomic mass is 10.2. The Hall–Kier alpha value is -2.25. The molecule has 0 fully saturated rings. The van der Waals surface area contributed by atoms with E-state index in [9.17, 15) is 19.5 Å². The molecule has 0 aliphatic heterocycles. The van der Waals surface area contributed by atoms with E-state index in [-0.39, 0.29) is 19.6 Å². The third-order valence-corrected chi connectivity index (χ3v) is 2.01. The summed E-state index contributed by atoms with van der Waals surface area (Å²) in [6.45, 7) is 8.36. The van der Waals surface area contributed by atoms with E-state index >= 15 is 0 Å². The molecule has 0 radical (unpaired) electrons. The quantitative estimate of drug-likeness (QED) is 0.636. The molecule has 1 atom stereocenters. The zero-order valence-electron chi connectivity index (χ0n) is 12.4. The van der Waals surface area contributed by atoms with Crippen LogP contribution < -0.4 is 15.7 Å². The molecule has 0 unspecified atom stereocenters. The second kappa shape index (κ2) is 8.83. The fourth-order valence-corrected chi connectivity index (χ4v) is 1.20. The van der Waals surface area contributed by atoms with E-state index < -0.39 is 29.8 Å². The van der Waals surface area contributed by atoms with Crippen molar-refractivity contribution in [1.82, 2.24) is 10.6 Å². The van der Waals surface area contributed by atoms with E-state index in [0.29, 0.717) is 0 Å². The highest BCUT2D eigenvalue weighted by molar-refractivity contribution is 5.78. The third-order valence-electron chi connectivity index (χ3n) is 2.01. The first kappa shape index (κ1) is 18.8. The van der Waals surface area contributed by atoms with E-state index in [1.165, 1.54) is 6.08 Å². The summed E-state index contributed by atoms with van der Waals surface area (Å²) in [5.41, 5.74) is -0.743. The van der Waals surface area contributed by atoms with Gasteiger partial charge in [-0.25, -0.2) is 9.59 Å². The van der Waals surface area contributed by atoms with Crippen molar-refractivity contribution in [3.63, 3.8) is 0 Å². The molecule has 8 heteroatoms. The van der Waals surface area contributed by atoms with Gasteiger partial charge < -0.3 is 30.0 Å². The molecule has 120 valence electrons. The van der Waals surface area contributed by atoms with Crippen LogP contribution in [0.25, 0.3) is 0 Å². The molecular formula is C13H21N2O6-. The van der Waals surface area contributed by atoms with E-state index in [4.69, 9.17) is 4.74 Å². The van der Waals surface area contributed by atoms with Crippen LogP contribution in [0, 0.1) is 0 Å². The molecule has 0 saturated heterocycles. The van der Waals surface area contributed by atoms with Crippen LogP contribution >= 0.6 is 0 Å². The summed E-state index contributed by atoms with van der Waals surface area (Å²) in [7, 11) is 0. The Bertz CT molecular complexity index is 389. The van der Waals surface area contributed by atoms with Crippen molar-refractivity contribution < 1.29 is 29.0 Å². The Morgan fingerprint density at radius 2 is 1.90 bits per heavy atom. The van der Waals surface area contributed by atoms with Crippen molar-refractivity contribution in [3.05, 3.63) is 12.7 Å². The molecule has 0 aromatic carbocycles. The Kier molecular flexibility index (Phi) is 7.88. The predicted octanol–water partition coefficient (Wildman–Crippen LogP) is -0.0681. The van der Waals surface area contributed by atoms with Gasteiger partial charge in [0.25, 0.3) is 0 Å². The van der Waals surface area contributed by atoms with Crippen LogP contribution in [0.2, 0.25) is 0 Å². The Balaban J connectivity index is 4.20. The summed E-state index contributed by atoms with van der Waals surface area (Å²) in [6.07, 6.45) is -0.242. The second-order valence-corrected chi connectivity index (χ2v) is 5.12. The Morgan fingerprint density at radius 1 is 1.29 bits per heavy atom. The van der Waals surface area contributed by atoms with Gasteiger partial charge in [0.2, 0.25) is 0 Å². The molecule has 0 saturated carbocycles. The maximum atomic E-state index is 11.5. The maximum Gasteiger partial charge on any atom is 0.408 e. The Labute approximate surface area is 123 Å². The van der Waals surface area contributed by atoms with Crippen molar-refractivity contribution >= 4 is 18.2 Å². The highest BCUT2D eigenvalue weighted by Crippen LogP contribution is 2.07. The number of rotatable bonds is 7. The number of hydrogen-bond acceptors (Lipinski definition) is 6. The number of nitrogens with one attached hydrogen (secondary N) is 2. The summed E-state index contributed by atoms with van der Waals surface area (Å²) in [4.78, 5) is 33.5. The number of carboxylic acid groups (broad SMARTS) is 1. The van der Waals surface area contributed by atoms with Gasteiger partial charge in [-0.1, -0.05) is 12.7 Å². The average molecular weight is 301 g/mol. The number of hydrogen-bond donors (Lipinski definition) is 2. The van der Waals surface area contributed by atoms with Crippen LogP contribution in [0.5, 0.6) is 0 Å². The summed E-state index contributed by atoms with van der Waals surface area (Å²) in [6, 6.07) is -1.28. The number of aliphatic carboxylic acids is 1. The van der Waals surface area contributed by atoms with Crippen molar-refractivity contribution in [2.24, 2.45) is 0 Å². The van der Waals surface area contributed by atoms with Gasteiger partial charge >= 0.3 is 12.2 Å². The highest BCUT2D eigenvalue weighted by Gasteiger charge is 2.20. The Morgan fingerprint density at radius 3 is 2.38 bits per heavy atom. The molecule has 0 aromatic rings. The number of amides is 2. The second-order valence-electron chi connectivity index (χ2n) is 5.12. The molecule has 0 bridgehead atoms. The lowest BCUT2D eigenvalue weighted by molar-refractivity contribution is -0.308. The average Bonchev–Trinajstić information content (AvgIpc) is 2.32. The number of carbonyl (C=O) groups is 3. The summed E-state index contributed by atoms with van der Waals surface area (Å²) >= 11 is 0. The smallest absolute Gasteiger partial charge is 0.408 e. The van der Waals surface area contributed by atoms with Crippen LogP contribution in [0.4, 0.5) is 9.59 Å². The SMILES string of the molecule is C=CCOC(=O)NCC[C@H](NC(=O)OC(C)(C)C)C(=O)[O-]. The van der Waals surface area contributed by atoms with Gasteiger partial charge in [0, 0.05) is 6.54 Å². The topological polar surface area (TPSA) is 117 Å².